The molecule has 0 aromatic carbocycles. The first-order chi connectivity index (χ1) is 18.8. The van der Waals surface area contributed by atoms with Gasteiger partial charge in [-0.1, -0.05) is 34.6 Å². The molecular weight excluding hydrogens is 512 g/mol. The molecule has 2 spiro atoms. The van der Waals surface area contributed by atoms with Gasteiger partial charge in [0.2, 0.25) is 0 Å². The van der Waals surface area contributed by atoms with Gasteiger partial charge in [0, 0.05) is 5.41 Å². The smallest absolute Gasteiger partial charge is 0.186 e. The lowest BCUT2D eigenvalue weighted by atomic mass is 9.41. The third-order valence-electron chi connectivity index (χ3n) is 14.8. The summed E-state index contributed by atoms with van der Waals surface area (Å²) in [6.07, 6.45) is 2.99. The predicted molar refractivity (Wildman–Crippen MR) is 146 cm³/mol. The van der Waals surface area contributed by atoms with Gasteiger partial charge in [-0.3, -0.25) is 0 Å². The van der Waals surface area contributed by atoms with Crippen LogP contribution in [0.25, 0.3) is 0 Å². The molecule has 2 aliphatic heterocycles. The van der Waals surface area contributed by atoms with Gasteiger partial charge in [0.05, 0.1) is 37.6 Å². The van der Waals surface area contributed by atoms with Gasteiger partial charge >= 0.3 is 0 Å². The Kier molecular flexibility index (Phi) is 6.31. The first-order valence-electron chi connectivity index (χ1n) is 16.0. The van der Waals surface area contributed by atoms with Gasteiger partial charge in [-0.2, -0.15) is 0 Å². The Bertz CT molecular complexity index is 1020. The van der Waals surface area contributed by atoms with Crippen LogP contribution in [0.15, 0.2) is 0 Å². The summed E-state index contributed by atoms with van der Waals surface area (Å²) in [6, 6.07) is 0. The molecule has 9 unspecified atom stereocenters. The Morgan fingerprint density at radius 2 is 1.57 bits per heavy atom. The lowest BCUT2D eigenvalue weighted by Gasteiger charge is -2.64. The SMILES string of the molecule is C[C@@H]1C[C@@H](CO)OC2[C@H]1C1(C)CCC34CC35CCC(OC3OC[C@@H](O)C(O)[C@H]3O)C(C)(C)[C@@H]5CCC4C1(C)[C@H]2O. The van der Waals surface area contributed by atoms with E-state index in [1.165, 1.54) is 12.8 Å². The van der Waals surface area contributed by atoms with Gasteiger partial charge in [0.25, 0.3) is 0 Å². The first-order valence-corrected chi connectivity index (χ1v) is 16.0. The van der Waals surface area contributed by atoms with Gasteiger partial charge in [-0.25, -0.2) is 0 Å². The highest BCUT2D eigenvalue weighted by Crippen LogP contribution is 2.89. The van der Waals surface area contributed by atoms with Crippen molar-refractivity contribution in [1.82, 2.24) is 0 Å². The van der Waals surface area contributed by atoms with E-state index in [4.69, 9.17) is 14.2 Å². The first kappa shape index (κ1) is 28.5. The summed E-state index contributed by atoms with van der Waals surface area (Å²) >= 11 is 0. The van der Waals surface area contributed by atoms with Crippen molar-refractivity contribution in [2.75, 3.05) is 13.2 Å². The summed E-state index contributed by atoms with van der Waals surface area (Å²) in [7, 11) is 0. The minimum atomic E-state index is -1.27. The van der Waals surface area contributed by atoms with Crippen molar-refractivity contribution in [3.05, 3.63) is 0 Å². The van der Waals surface area contributed by atoms with Crippen LogP contribution in [-0.4, -0.2) is 87.8 Å². The van der Waals surface area contributed by atoms with Gasteiger partial charge in [0.1, 0.15) is 18.3 Å². The van der Waals surface area contributed by atoms with E-state index < -0.39 is 30.7 Å². The topological polar surface area (TPSA) is 129 Å². The molecule has 7 fully saturated rings. The second kappa shape index (κ2) is 8.87. The Morgan fingerprint density at radius 1 is 0.875 bits per heavy atom. The number of aliphatic hydroxyl groups excluding tert-OH is 5. The van der Waals surface area contributed by atoms with Crippen molar-refractivity contribution in [1.29, 1.82) is 0 Å². The molecule has 7 rings (SSSR count). The van der Waals surface area contributed by atoms with Crippen LogP contribution in [0.1, 0.15) is 86.0 Å². The van der Waals surface area contributed by atoms with Crippen LogP contribution in [0.4, 0.5) is 0 Å². The molecule has 5 aliphatic carbocycles. The zero-order valence-electron chi connectivity index (χ0n) is 25.0. The maximum Gasteiger partial charge on any atom is 0.186 e. The van der Waals surface area contributed by atoms with Crippen molar-refractivity contribution in [2.24, 2.45) is 50.7 Å². The number of hydrogen-bond donors (Lipinski definition) is 5. The minimum Gasteiger partial charge on any atom is -0.394 e. The molecule has 0 bridgehead atoms. The normalized spacial score (nSPS) is 62.0. The molecule has 5 N–H and O–H groups in total. The molecule has 228 valence electrons. The Labute approximate surface area is 238 Å². The Balaban J connectivity index is 1.16. The molecule has 2 saturated heterocycles. The molecule has 7 aliphatic rings. The van der Waals surface area contributed by atoms with E-state index in [2.05, 4.69) is 34.6 Å². The second-order valence-electron chi connectivity index (χ2n) is 16.2. The molecule has 5 saturated carbocycles. The monoisotopic (exact) mass is 564 g/mol. The van der Waals surface area contributed by atoms with E-state index >= 15 is 0 Å². The van der Waals surface area contributed by atoms with Crippen LogP contribution < -0.4 is 0 Å². The average molecular weight is 565 g/mol. The average Bonchev–Trinajstić information content (AvgIpc) is 3.55. The molecular formula is C32H52O8. The van der Waals surface area contributed by atoms with E-state index in [1.54, 1.807) is 0 Å². The lowest BCUT2D eigenvalue weighted by Crippen LogP contribution is -2.61. The summed E-state index contributed by atoms with van der Waals surface area (Å²) in [5.74, 6) is 1.66. The van der Waals surface area contributed by atoms with E-state index in [-0.39, 0.29) is 58.6 Å². The highest BCUT2D eigenvalue weighted by Gasteiger charge is 2.84. The number of aliphatic hydroxyl groups is 5. The molecule has 0 radical (unpaired) electrons. The maximum absolute atomic E-state index is 12.1. The number of rotatable bonds is 3. The molecule has 40 heavy (non-hydrogen) atoms. The van der Waals surface area contributed by atoms with Gasteiger partial charge in [-0.15, -0.1) is 0 Å². The number of hydrogen-bond acceptors (Lipinski definition) is 8. The third kappa shape index (κ3) is 3.26. The molecule has 0 aromatic rings. The van der Waals surface area contributed by atoms with E-state index in [1.807, 2.05) is 0 Å². The van der Waals surface area contributed by atoms with Crippen LogP contribution >= 0.6 is 0 Å². The molecule has 0 aromatic heterocycles. The molecule has 16 atom stereocenters. The summed E-state index contributed by atoms with van der Waals surface area (Å²) < 4.78 is 18.5. The molecule has 2 heterocycles. The van der Waals surface area contributed by atoms with Crippen LogP contribution in [0.5, 0.6) is 0 Å². The Morgan fingerprint density at radius 3 is 2.30 bits per heavy atom. The van der Waals surface area contributed by atoms with Crippen LogP contribution in [0.3, 0.4) is 0 Å². The predicted octanol–water partition coefficient (Wildman–Crippen LogP) is 2.62. The maximum atomic E-state index is 12.1. The van der Waals surface area contributed by atoms with Crippen molar-refractivity contribution < 1.29 is 39.7 Å². The molecule has 8 nitrogen and oxygen atoms in total. The van der Waals surface area contributed by atoms with E-state index in [0.717, 1.165) is 38.5 Å². The summed E-state index contributed by atoms with van der Waals surface area (Å²) in [4.78, 5) is 0. The summed E-state index contributed by atoms with van der Waals surface area (Å²) in [6.45, 7) is 11.7. The zero-order valence-corrected chi connectivity index (χ0v) is 25.0. The minimum absolute atomic E-state index is 0.0130. The quantitative estimate of drug-likeness (QED) is 0.331. The number of ether oxygens (including phenoxy) is 3. The fourth-order valence-corrected chi connectivity index (χ4v) is 12.8. The highest BCUT2D eigenvalue weighted by atomic mass is 16.7. The third-order valence-corrected chi connectivity index (χ3v) is 14.8. The fraction of sp³-hybridized carbons (Fsp3) is 1.00. The fourth-order valence-electron chi connectivity index (χ4n) is 12.8. The Hall–Kier alpha value is -0.320. The van der Waals surface area contributed by atoms with Crippen LogP contribution in [0.2, 0.25) is 0 Å². The zero-order chi connectivity index (χ0) is 28.6. The summed E-state index contributed by atoms with van der Waals surface area (Å²) in [5.41, 5.74) is 0.147. The van der Waals surface area contributed by atoms with Crippen molar-refractivity contribution in [3.8, 4) is 0 Å². The van der Waals surface area contributed by atoms with Crippen molar-refractivity contribution in [3.63, 3.8) is 0 Å². The second-order valence-corrected chi connectivity index (χ2v) is 16.2. The largest absolute Gasteiger partial charge is 0.394 e. The molecule has 0 amide bonds. The highest BCUT2D eigenvalue weighted by molar-refractivity contribution is 5.32. The van der Waals surface area contributed by atoms with Crippen molar-refractivity contribution >= 4 is 0 Å². The van der Waals surface area contributed by atoms with Gasteiger partial charge < -0.3 is 39.7 Å². The van der Waals surface area contributed by atoms with E-state index in [0.29, 0.717) is 23.7 Å². The molecule has 8 heteroatoms. The standard InChI is InChI=1S/C32H52O8/c1-16-12-17(13-33)39-25-22(16)29(4)10-11-32-15-31(32)9-8-21(40-27-24(36)23(35)18(34)14-38-27)28(2,3)19(31)6-7-20(32)30(29,5)26(25)37/h16-27,33-37H,6-15H2,1-5H3/t16-,17+,18-,19+,20?,21?,22+,23?,24-,25?,26+,27?,29?,30?,31?,32?/m1/s1. The van der Waals surface area contributed by atoms with Crippen LogP contribution in [0, 0.1) is 50.7 Å². The van der Waals surface area contributed by atoms with Gasteiger partial charge in [-0.05, 0) is 96.7 Å². The van der Waals surface area contributed by atoms with Crippen molar-refractivity contribution in [2.45, 2.75) is 135 Å². The summed E-state index contributed by atoms with van der Waals surface area (Å²) in [5, 5.41) is 52.7. The lowest BCUT2D eigenvalue weighted by molar-refractivity contribution is -0.303. The van der Waals surface area contributed by atoms with Crippen LogP contribution in [-0.2, 0) is 14.2 Å². The van der Waals surface area contributed by atoms with Gasteiger partial charge in [0.15, 0.2) is 6.29 Å². The van der Waals surface area contributed by atoms with E-state index in [9.17, 15) is 25.5 Å². The number of fused-ring (bicyclic) bond motifs is 4.